The van der Waals surface area contributed by atoms with Gasteiger partial charge in [0.2, 0.25) is 5.91 Å². The van der Waals surface area contributed by atoms with Gasteiger partial charge in [0.15, 0.2) is 0 Å². The number of carboxylic acids is 1. The fourth-order valence-electron chi connectivity index (χ4n) is 1.32. The Bertz CT molecular complexity index is 287. The summed E-state index contributed by atoms with van der Waals surface area (Å²) in [7, 11) is 0. The molecule has 0 saturated heterocycles. The number of amides is 1. The normalized spacial score (nSPS) is 14.2. The molecule has 0 aliphatic rings. The Morgan fingerprint density at radius 2 is 1.71 bits per heavy atom. The zero-order chi connectivity index (χ0) is 13.9. The zero-order valence-corrected chi connectivity index (χ0v) is 11.3. The largest absolute Gasteiger partial charge is 0.480 e. The van der Waals surface area contributed by atoms with Crippen molar-refractivity contribution in [3.05, 3.63) is 0 Å². The quantitative estimate of drug-likeness (QED) is 0.675. The molecule has 1 atom stereocenters. The smallest absolute Gasteiger partial charge is 0.326 e. The number of hydrogen-bond donors (Lipinski definition) is 3. The molecule has 1 unspecified atom stereocenters. The maximum atomic E-state index is 11.6. The highest BCUT2D eigenvalue weighted by atomic mass is 16.4. The van der Waals surface area contributed by atoms with Crippen LogP contribution in [0.2, 0.25) is 0 Å². The lowest BCUT2D eigenvalue weighted by Gasteiger charge is -2.28. The first-order chi connectivity index (χ1) is 7.43. The molecule has 0 fully saturated rings. The summed E-state index contributed by atoms with van der Waals surface area (Å²) in [6.07, 6.45) is 0.763. The first-order valence-electron chi connectivity index (χ1n) is 5.74. The number of rotatable bonds is 5. The van der Waals surface area contributed by atoms with Gasteiger partial charge in [0, 0.05) is 12.0 Å². The highest BCUT2D eigenvalue weighted by Crippen LogP contribution is 2.19. The van der Waals surface area contributed by atoms with Gasteiger partial charge in [-0.3, -0.25) is 4.79 Å². The number of carbonyl (C=O) groups is 2. The molecule has 0 radical (unpaired) electrons. The van der Waals surface area contributed by atoms with Gasteiger partial charge in [-0.1, -0.05) is 20.8 Å². The topological polar surface area (TPSA) is 92.4 Å². The van der Waals surface area contributed by atoms with Crippen molar-refractivity contribution >= 4 is 11.9 Å². The third-order valence-electron chi connectivity index (χ3n) is 2.41. The van der Waals surface area contributed by atoms with E-state index in [1.807, 2.05) is 13.8 Å². The van der Waals surface area contributed by atoms with Crippen LogP contribution in [-0.2, 0) is 9.59 Å². The molecule has 0 aliphatic carbocycles. The monoisotopic (exact) mass is 244 g/mol. The van der Waals surface area contributed by atoms with E-state index in [1.165, 1.54) is 0 Å². The number of hydrogen-bond acceptors (Lipinski definition) is 3. The summed E-state index contributed by atoms with van der Waals surface area (Å²) in [4.78, 5) is 22.7. The fourth-order valence-corrected chi connectivity index (χ4v) is 1.32. The van der Waals surface area contributed by atoms with Gasteiger partial charge in [0.1, 0.15) is 6.04 Å². The lowest BCUT2D eigenvalue weighted by Crippen LogP contribution is -2.49. The number of aliphatic carboxylic acids is 1. The Kier molecular flexibility index (Phi) is 5.13. The minimum absolute atomic E-state index is 0.239. The summed E-state index contributed by atoms with van der Waals surface area (Å²) in [5.74, 6) is -1.29. The van der Waals surface area contributed by atoms with E-state index in [0.29, 0.717) is 6.42 Å². The number of carboxylic acid groups (broad SMARTS) is 1. The highest BCUT2D eigenvalue weighted by Gasteiger charge is 2.32. The van der Waals surface area contributed by atoms with Gasteiger partial charge in [-0.25, -0.2) is 4.79 Å². The van der Waals surface area contributed by atoms with Crippen molar-refractivity contribution in [1.82, 2.24) is 5.32 Å². The van der Waals surface area contributed by atoms with E-state index in [1.54, 1.807) is 20.8 Å². The fraction of sp³-hybridized carbons (Fsp3) is 0.833. The molecule has 0 rings (SSSR count). The zero-order valence-electron chi connectivity index (χ0n) is 11.3. The van der Waals surface area contributed by atoms with Crippen molar-refractivity contribution in [3.63, 3.8) is 0 Å². The van der Waals surface area contributed by atoms with Crippen LogP contribution >= 0.6 is 0 Å². The van der Waals surface area contributed by atoms with Crippen molar-refractivity contribution < 1.29 is 14.7 Å². The molecule has 0 aromatic heterocycles. The molecular formula is C12H24N2O3. The van der Waals surface area contributed by atoms with Gasteiger partial charge in [-0.2, -0.15) is 0 Å². The summed E-state index contributed by atoms with van der Waals surface area (Å²) in [6.45, 7) is 8.99. The summed E-state index contributed by atoms with van der Waals surface area (Å²) in [6, 6.07) is -0.879. The summed E-state index contributed by atoms with van der Waals surface area (Å²) in [5, 5.41) is 11.6. The number of nitrogens with one attached hydrogen (secondary N) is 1. The van der Waals surface area contributed by atoms with Crippen LogP contribution in [0.15, 0.2) is 0 Å². The van der Waals surface area contributed by atoms with Crippen LogP contribution in [-0.4, -0.2) is 28.6 Å². The van der Waals surface area contributed by atoms with Gasteiger partial charge >= 0.3 is 5.97 Å². The predicted molar refractivity (Wildman–Crippen MR) is 66.5 cm³/mol. The van der Waals surface area contributed by atoms with Crippen LogP contribution in [0.3, 0.4) is 0 Å². The molecule has 0 saturated carbocycles. The lowest BCUT2D eigenvalue weighted by atomic mass is 9.86. The van der Waals surface area contributed by atoms with E-state index >= 15 is 0 Å². The second kappa shape index (κ2) is 5.49. The van der Waals surface area contributed by atoms with Gasteiger partial charge in [-0.05, 0) is 25.7 Å². The van der Waals surface area contributed by atoms with E-state index in [2.05, 4.69) is 5.32 Å². The number of nitrogens with two attached hydrogens (primary N) is 1. The molecule has 0 aromatic rings. The maximum absolute atomic E-state index is 11.6. The Hall–Kier alpha value is -1.10. The second-order valence-electron chi connectivity index (χ2n) is 6.19. The summed E-state index contributed by atoms with van der Waals surface area (Å²) < 4.78 is 0. The Balaban J connectivity index is 4.39. The lowest BCUT2D eigenvalue weighted by molar-refractivity contribution is -0.145. The molecule has 0 aromatic carbocycles. The van der Waals surface area contributed by atoms with E-state index in [-0.39, 0.29) is 12.3 Å². The summed E-state index contributed by atoms with van der Waals surface area (Å²) in [5.41, 5.74) is 4.83. The third kappa shape index (κ3) is 6.94. The molecule has 17 heavy (non-hydrogen) atoms. The van der Waals surface area contributed by atoms with Crippen LogP contribution in [0.1, 0.15) is 47.5 Å². The maximum Gasteiger partial charge on any atom is 0.326 e. The van der Waals surface area contributed by atoms with Crippen LogP contribution in [0.5, 0.6) is 0 Å². The molecule has 0 bridgehead atoms. The van der Waals surface area contributed by atoms with Crippen LogP contribution < -0.4 is 11.1 Å². The van der Waals surface area contributed by atoms with Crippen molar-refractivity contribution in [2.75, 3.05) is 0 Å². The van der Waals surface area contributed by atoms with Gasteiger partial charge < -0.3 is 16.2 Å². The molecule has 4 N–H and O–H groups in total. The van der Waals surface area contributed by atoms with Gasteiger partial charge in [0.25, 0.3) is 0 Å². The first-order valence-corrected chi connectivity index (χ1v) is 5.74. The molecule has 5 heteroatoms. The Morgan fingerprint density at radius 3 is 2.00 bits per heavy atom. The van der Waals surface area contributed by atoms with Crippen LogP contribution in [0.4, 0.5) is 0 Å². The van der Waals surface area contributed by atoms with Crippen molar-refractivity contribution in [3.8, 4) is 0 Å². The van der Waals surface area contributed by atoms with Crippen LogP contribution in [0.25, 0.3) is 0 Å². The van der Waals surface area contributed by atoms with E-state index < -0.39 is 23.0 Å². The van der Waals surface area contributed by atoms with Crippen molar-refractivity contribution in [2.24, 2.45) is 11.1 Å². The minimum Gasteiger partial charge on any atom is -0.480 e. The Morgan fingerprint density at radius 1 is 1.24 bits per heavy atom. The van der Waals surface area contributed by atoms with Gasteiger partial charge in [0.05, 0.1) is 0 Å². The van der Waals surface area contributed by atoms with Crippen molar-refractivity contribution in [1.29, 1.82) is 0 Å². The minimum atomic E-state index is -1.02. The average molecular weight is 244 g/mol. The van der Waals surface area contributed by atoms with Crippen molar-refractivity contribution in [2.45, 2.75) is 59.0 Å². The third-order valence-corrected chi connectivity index (χ3v) is 2.41. The van der Waals surface area contributed by atoms with E-state index in [4.69, 9.17) is 10.8 Å². The molecule has 0 spiro atoms. The molecule has 1 amide bonds. The first kappa shape index (κ1) is 15.9. The highest BCUT2D eigenvalue weighted by molar-refractivity contribution is 5.84. The van der Waals surface area contributed by atoms with Crippen LogP contribution in [0, 0.1) is 5.41 Å². The molecular weight excluding hydrogens is 220 g/mol. The molecule has 0 aliphatic heterocycles. The second-order valence-corrected chi connectivity index (χ2v) is 6.19. The standard InChI is InChI=1S/C12H24N2O3/c1-11(2,3)9(10(16)17)14-8(15)6-7-12(4,5)13/h9H,6-7,13H2,1-5H3,(H,14,15)(H,16,17). The molecule has 0 heterocycles. The number of carbonyl (C=O) groups excluding carboxylic acids is 1. The van der Waals surface area contributed by atoms with Gasteiger partial charge in [-0.15, -0.1) is 0 Å². The molecule has 100 valence electrons. The SMILES string of the molecule is CC(C)(N)CCC(=O)NC(C(=O)O)C(C)(C)C. The van der Waals surface area contributed by atoms with E-state index in [9.17, 15) is 9.59 Å². The summed E-state index contributed by atoms with van der Waals surface area (Å²) >= 11 is 0. The predicted octanol–water partition coefficient (Wildman–Crippen LogP) is 1.12. The molecule has 5 nitrogen and oxygen atoms in total. The average Bonchev–Trinajstić information content (AvgIpc) is 2.07. The Labute approximate surface area is 103 Å². The van der Waals surface area contributed by atoms with E-state index in [0.717, 1.165) is 0 Å².